The van der Waals surface area contributed by atoms with E-state index in [0.717, 1.165) is 44.2 Å². The van der Waals surface area contributed by atoms with Crippen molar-refractivity contribution < 1.29 is 4.92 Å². The average molecular weight is 345 g/mol. The Bertz CT molecular complexity index is 728. The van der Waals surface area contributed by atoms with Crippen LogP contribution in [0.25, 0.3) is 0 Å². The summed E-state index contributed by atoms with van der Waals surface area (Å²) in [5, 5.41) is 22.8. The topological polar surface area (TPSA) is 93.2 Å². The van der Waals surface area contributed by atoms with Crippen molar-refractivity contribution in [3.8, 4) is 0 Å². The van der Waals surface area contributed by atoms with Crippen molar-refractivity contribution >= 4 is 11.4 Å². The van der Waals surface area contributed by atoms with Crippen molar-refractivity contribution in [2.75, 3.05) is 31.1 Å². The molecule has 0 atom stereocenters. The first kappa shape index (κ1) is 17.3. The summed E-state index contributed by atoms with van der Waals surface area (Å²) in [6.07, 6.45) is 0. The van der Waals surface area contributed by atoms with Gasteiger partial charge in [0.1, 0.15) is 0 Å². The lowest BCUT2D eigenvalue weighted by atomic mass is 10.1. The van der Waals surface area contributed by atoms with E-state index in [1.807, 2.05) is 16.8 Å². The first-order valence-corrected chi connectivity index (χ1v) is 8.34. The minimum Gasteiger partial charge on any atom is -0.369 e. The number of rotatable bonds is 4. The second kappa shape index (κ2) is 6.75. The molecule has 1 aliphatic rings. The van der Waals surface area contributed by atoms with Crippen LogP contribution in [0.15, 0.2) is 24.3 Å². The van der Waals surface area contributed by atoms with E-state index in [-0.39, 0.29) is 16.1 Å². The summed E-state index contributed by atoms with van der Waals surface area (Å²) in [6.45, 7) is 10.5. The van der Waals surface area contributed by atoms with Crippen molar-refractivity contribution in [1.82, 2.24) is 25.1 Å². The summed E-state index contributed by atoms with van der Waals surface area (Å²) in [4.78, 5) is 14.9. The molecule has 0 bridgehead atoms. The minimum absolute atomic E-state index is 0.122. The first-order chi connectivity index (χ1) is 11.8. The van der Waals surface area contributed by atoms with Gasteiger partial charge in [0.2, 0.25) is 0 Å². The average Bonchev–Trinajstić information content (AvgIpc) is 3.04. The number of aromatic nitrogens is 4. The van der Waals surface area contributed by atoms with Crippen molar-refractivity contribution in [3.63, 3.8) is 0 Å². The van der Waals surface area contributed by atoms with Crippen LogP contribution >= 0.6 is 0 Å². The normalized spacial score (nSPS) is 16.2. The predicted molar refractivity (Wildman–Crippen MR) is 93.4 cm³/mol. The molecule has 1 fully saturated rings. The summed E-state index contributed by atoms with van der Waals surface area (Å²) in [6, 6.07) is 6.74. The molecule has 0 aliphatic carbocycles. The van der Waals surface area contributed by atoms with E-state index in [9.17, 15) is 10.1 Å². The zero-order chi connectivity index (χ0) is 18.0. The summed E-state index contributed by atoms with van der Waals surface area (Å²) in [5.74, 6) is 0.872. The smallest absolute Gasteiger partial charge is 0.269 e. The molecule has 0 amide bonds. The number of benzene rings is 1. The zero-order valence-corrected chi connectivity index (χ0v) is 14.8. The third-order valence-corrected chi connectivity index (χ3v) is 4.33. The number of tetrazole rings is 1. The molecule has 9 nitrogen and oxygen atoms in total. The molecule has 0 N–H and O–H groups in total. The quantitative estimate of drug-likeness (QED) is 0.614. The molecular formula is C16H23N7O2. The van der Waals surface area contributed by atoms with E-state index in [1.54, 1.807) is 12.1 Å². The maximum atomic E-state index is 10.7. The van der Waals surface area contributed by atoms with Crippen LogP contribution in [0.5, 0.6) is 0 Å². The third kappa shape index (κ3) is 3.93. The SMILES string of the molecule is CC(C)(C)n1nnnc1CN1CCN(c2ccc([N+](=O)[O-])cc2)CC1. The molecule has 2 heterocycles. The molecule has 0 spiro atoms. The van der Waals surface area contributed by atoms with Crippen LogP contribution in [-0.2, 0) is 12.1 Å². The van der Waals surface area contributed by atoms with Gasteiger partial charge >= 0.3 is 0 Å². The summed E-state index contributed by atoms with van der Waals surface area (Å²) in [7, 11) is 0. The fourth-order valence-electron chi connectivity index (χ4n) is 2.97. The lowest BCUT2D eigenvalue weighted by Crippen LogP contribution is -2.46. The van der Waals surface area contributed by atoms with Crippen molar-refractivity contribution in [2.24, 2.45) is 0 Å². The van der Waals surface area contributed by atoms with Gasteiger partial charge in [0.25, 0.3) is 5.69 Å². The van der Waals surface area contributed by atoms with Gasteiger partial charge < -0.3 is 4.90 Å². The molecule has 1 aromatic heterocycles. The van der Waals surface area contributed by atoms with E-state index in [1.165, 1.54) is 0 Å². The molecule has 0 saturated carbocycles. The number of piperazine rings is 1. The molecule has 1 aliphatic heterocycles. The maximum Gasteiger partial charge on any atom is 0.269 e. The Morgan fingerprint density at radius 1 is 1.12 bits per heavy atom. The molecule has 1 saturated heterocycles. The van der Waals surface area contributed by atoms with Gasteiger partial charge in [-0.1, -0.05) is 0 Å². The van der Waals surface area contributed by atoms with Crippen LogP contribution in [-0.4, -0.2) is 56.2 Å². The molecule has 3 rings (SSSR count). The number of hydrogen-bond donors (Lipinski definition) is 0. The molecular weight excluding hydrogens is 322 g/mol. The van der Waals surface area contributed by atoms with Gasteiger partial charge in [0.15, 0.2) is 5.82 Å². The first-order valence-electron chi connectivity index (χ1n) is 8.34. The minimum atomic E-state index is -0.374. The monoisotopic (exact) mass is 345 g/mol. The molecule has 9 heteroatoms. The lowest BCUT2D eigenvalue weighted by Gasteiger charge is -2.36. The Hall–Kier alpha value is -2.55. The lowest BCUT2D eigenvalue weighted by molar-refractivity contribution is -0.384. The predicted octanol–water partition coefficient (Wildman–Crippen LogP) is 1.66. The highest BCUT2D eigenvalue weighted by molar-refractivity contribution is 5.51. The highest BCUT2D eigenvalue weighted by Crippen LogP contribution is 2.21. The fourth-order valence-corrected chi connectivity index (χ4v) is 2.97. The van der Waals surface area contributed by atoms with Crippen LogP contribution in [0.3, 0.4) is 0 Å². The molecule has 1 aromatic carbocycles. The van der Waals surface area contributed by atoms with E-state index in [2.05, 4.69) is 46.1 Å². The second-order valence-electron chi connectivity index (χ2n) is 7.21. The Labute approximate surface area is 146 Å². The van der Waals surface area contributed by atoms with E-state index in [0.29, 0.717) is 0 Å². The molecule has 0 unspecified atom stereocenters. The molecule has 25 heavy (non-hydrogen) atoms. The number of non-ortho nitro benzene ring substituents is 1. The van der Waals surface area contributed by atoms with Crippen molar-refractivity contribution in [2.45, 2.75) is 32.9 Å². The van der Waals surface area contributed by atoms with Gasteiger partial charge in [-0.15, -0.1) is 5.10 Å². The second-order valence-corrected chi connectivity index (χ2v) is 7.21. The summed E-state index contributed by atoms with van der Waals surface area (Å²) >= 11 is 0. The number of hydrogen-bond acceptors (Lipinski definition) is 7. The van der Waals surface area contributed by atoms with Crippen molar-refractivity contribution in [1.29, 1.82) is 0 Å². The van der Waals surface area contributed by atoms with Gasteiger partial charge in [0, 0.05) is 44.0 Å². The van der Waals surface area contributed by atoms with Gasteiger partial charge in [-0.2, -0.15) is 0 Å². The van der Waals surface area contributed by atoms with Crippen LogP contribution in [0.4, 0.5) is 11.4 Å². The van der Waals surface area contributed by atoms with Gasteiger partial charge in [-0.25, -0.2) is 4.68 Å². The van der Waals surface area contributed by atoms with Crippen LogP contribution in [0.1, 0.15) is 26.6 Å². The maximum absolute atomic E-state index is 10.7. The van der Waals surface area contributed by atoms with E-state index >= 15 is 0 Å². The highest BCUT2D eigenvalue weighted by atomic mass is 16.6. The Kier molecular flexibility index (Phi) is 4.67. The van der Waals surface area contributed by atoms with Crippen molar-refractivity contribution in [3.05, 3.63) is 40.2 Å². The Morgan fingerprint density at radius 3 is 2.32 bits per heavy atom. The number of nitro benzene ring substituents is 1. The Morgan fingerprint density at radius 2 is 1.76 bits per heavy atom. The molecule has 2 aromatic rings. The number of nitrogens with zero attached hydrogens (tertiary/aromatic N) is 7. The van der Waals surface area contributed by atoms with E-state index in [4.69, 9.17) is 0 Å². The largest absolute Gasteiger partial charge is 0.369 e. The third-order valence-electron chi connectivity index (χ3n) is 4.33. The fraction of sp³-hybridized carbons (Fsp3) is 0.562. The van der Waals surface area contributed by atoms with Gasteiger partial charge in [-0.3, -0.25) is 15.0 Å². The van der Waals surface area contributed by atoms with Crippen LogP contribution in [0, 0.1) is 10.1 Å². The zero-order valence-electron chi connectivity index (χ0n) is 14.8. The Balaban J connectivity index is 1.59. The standard InChI is InChI=1S/C16H23N7O2/c1-16(2,3)22-15(17-18-19-22)12-20-8-10-21(11-9-20)13-4-6-14(7-5-13)23(24)25/h4-7H,8-12H2,1-3H3. The molecule has 134 valence electrons. The van der Waals surface area contributed by atoms with Gasteiger partial charge in [-0.05, 0) is 43.3 Å². The number of nitro groups is 1. The number of anilines is 1. The summed E-state index contributed by atoms with van der Waals surface area (Å²) in [5.41, 5.74) is 1.00. The summed E-state index contributed by atoms with van der Waals surface area (Å²) < 4.78 is 1.87. The molecule has 0 radical (unpaired) electrons. The van der Waals surface area contributed by atoms with Gasteiger partial charge in [0.05, 0.1) is 17.0 Å². The van der Waals surface area contributed by atoms with Crippen LogP contribution < -0.4 is 4.90 Å². The highest BCUT2D eigenvalue weighted by Gasteiger charge is 2.23. The van der Waals surface area contributed by atoms with Crippen LogP contribution in [0.2, 0.25) is 0 Å². The van der Waals surface area contributed by atoms with E-state index < -0.39 is 0 Å².